The molecule has 1 N–H and O–H groups in total. The first kappa shape index (κ1) is 15.8. The number of ether oxygens (including phenoxy) is 1. The molecule has 0 saturated heterocycles. The topological polar surface area (TPSA) is 86.1 Å². The number of anilines is 1. The number of hydrogen-bond acceptors (Lipinski definition) is 5. The van der Waals surface area contributed by atoms with Gasteiger partial charge < -0.3 is 4.74 Å². The lowest BCUT2D eigenvalue weighted by molar-refractivity contribution is 0.135. The van der Waals surface area contributed by atoms with Gasteiger partial charge in [-0.3, -0.25) is 0 Å². The number of sulfonamides is 1. The predicted molar refractivity (Wildman–Crippen MR) is 86.1 cm³/mol. The maximum atomic E-state index is 12.8. The molecule has 7 nitrogen and oxygen atoms in total. The van der Waals surface area contributed by atoms with Crippen LogP contribution in [0.15, 0.2) is 23.1 Å². The van der Waals surface area contributed by atoms with E-state index in [0.717, 1.165) is 5.56 Å². The number of hydrogen-bond donors (Lipinski definition) is 1. The highest BCUT2D eigenvalue weighted by Gasteiger charge is 2.35. The maximum Gasteiger partial charge on any atom is 0.267 e. The van der Waals surface area contributed by atoms with Crippen LogP contribution in [-0.2, 0) is 23.0 Å². The van der Waals surface area contributed by atoms with Gasteiger partial charge in [-0.2, -0.15) is 10.1 Å². The summed E-state index contributed by atoms with van der Waals surface area (Å²) in [6, 6.07) is 5.16. The highest BCUT2D eigenvalue weighted by molar-refractivity contribution is 7.92. The average Bonchev–Trinajstić information content (AvgIpc) is 2.94. The van der Waals surface area contributed by atoms with Crippen molar-refractivity contribution < 1.29 is 13.2 Å². The highest BCUT2D eigenvalue weighted by Crippen LogP contribution is 2.39. The zero-order valence-corrected chi connectivity index (χ0v) is 14.4. The molecule has 1 aliphatic heterocycles. The molecule has 2 aromatic rings. The minimum absolute atomic E-state index is 0.129. The van der Waals surface area contributed by atoms with E-state index in [9.17, 15) is 8.42 Å². The quantitative estimate of drug-likeness (QED) is 0.924. The normalized spacial score (nSPS) is 16.0. The monoisotopic (exact) mass is 336 g/mol. The third-order valence-corrected chi connectivity index (χ3v) is 5.00. The molecular formula is C15H20N4O3S. The minimum Gasteiger partial charge on any atom is -0.486 e. The van der Waals surface area contributed by atoms with Crippen LogP contribution >= 0.6 is 0 Å². The summed E-state index contributed by atoms with van der Waals surface area (Å²) in [6.45, 7) is 7.99. The molecule has 0 amide bonds. The summed E-state index contributed by atoms with van der Waals surface area (Å²) in [5.41, 5.74) is 0.486. The number of rotatable bonds is 4. The van der Waals surface area contributed by atoms with Gasteiger partial charge in [0, 0.05) is 13.0 Å². The fourth-order valence-electron chi connectivity index (χ4n) is 2.73. The first-order chi connectivity index (χ1) is 10.7. The number of nitrogens with one attached hydrogen (secondary N) is 1. The fourth-order valence-corrected chi connectivity index (χ4v) is 3.90. The summed E-state index contributed by atoms with van der Waals surface area (Å²) < 4.78 is 35.4. The Morgan fingerprint density at radius 2 is 2.13 bits per heavy atom. The van der Waals surface area contributed by atoms with Crippen LogP contribution < -0.4 is 9.46 Å². The van der Waals surface area contributed by atoms with E-state index in [0.29, 0.717) is 24.5 Å². The van der Waals surface area contributed by atoms with E-state index >= 15 is 0 Å². The summed E-state index contributed by atoms with van der Waals surface area (Å²) in [6.07, 6.45) is 0.677. The van der Waals surface area contributed by atoms with Gasteiger partial charge in [0.05, 0.1) is 0 Å². The minimum atomic E-state index is -3.81. The van der Waals surface area contributed by atoms with Crippen LogP contribution in [0.3, 0.4) is 0 Å². The Balaban J connectivity index is 2.01. The smallest absolute Gasteiger partial charge is 0.267 e. The largest absolute Gasteiger partial charge is 0.486 e. The van der Waals surface area contributed by atoms with Crippen molar-refractivity contribution in [3.05, 3.63) is 29.6 Å². The third-order valence-electron chi connectivity index (χ3n) is 3.65. The second-order valence-corrected chi connectivity index (χ2v) is 7.84. The van der Waals surface area contributed by atoms with Crippen molar-refractivity contribution in [3.8, 4) is 5.75 Å². The first-order valence-electron chi connectivity index (χ1n) is 7.47. The molecule has 0 fully saturated rings. The van der Waals surface area contributed by atoms with Gasteiger partial charge in [0.15, 0.2) is 0 Å². The number of nitrogens with zero attached hydrogens (tertiary/aromatic N) is 3. The van der Waals surface area contributed by atoms with E-state index in [-0.39, 0.29) is 10.8 Å². The molecule has 8 heteroatoms. The van der Waals surface area contributed by atoms with Crippen molar-refractivity contribution in [2.45, 2.75) is 51.2 Å². The molecule has 0 atom stereocenters. The lowest BCUT2D eigenvalue weighted by Gasteiger charge is -2.18. The Morgan fingerprint density at radius 1 is 1.39 bits per heavy atom. The summed E-state index contributed by atoms with van der Waals surface area (Å²) in [7, 11) is -3.81. The van der Waals surface area contributed by atoms with Crippen LogP contribution in [0.25, 0.3) is 0 Å². The van der Waals surface area contributed by atoms with E-state index in [1.165, 1.54) is 4.68 Å². The van der Waals surface area contributed by atoms with Crippen molar-refractivity contribution in [2.75, 3.05) is 4.72 Å². The zero-order valence-electron chi connectivity index (χ0n) is 13.6. The van der Waals surface area contributed by atoms with Crippen LogP contribution in [0.2, 0.25) is 0 Å². The maximum absolute atomic E-state index is 12.8. The molecule has 0 spiro atoms. The van der Waals surface area contributed by atoms with Gasteiger partial charge in [0.1, 0.15) is 22.1 Å². The number of aryl methyl sites for hydroxylation is 2. The van der Waals surface area contributed by atoms with Gasteiger partial charge in [-0.25, -0.2) is 17.8 Å². The van der Waals surface area contributed by atoms with E-state index in [4.69, 9.17) is 4.74 Å². The molecule has 23 heavy (non-hydrogen) atoms. The number of fused-ring (bicyclic) bond motifs is 1. The molecule has 0 aliphatic carbocycles. The molecule has 3 rings (SSSR count). The molecule has 0 unspecified atom stereocenters. The molecule has 1 aromatic carbocycles. The second kappa shape index (κ2) is 5.23. The van der Waals surface area contributed by atoms with E-state index < -0.39 is 15.6 Å². The number of aromatic nitrogens is 3. The van der Waals surface area contributed by atoms with E-state index in [2.05, 4.69) is 14.8 Å². The standard InChI is InChI=1S/C15H20N4O3S/c1-5-19-14(16-10(2)17-19)18-23(20,21)12-8-6-7-11-9-15(3,4)22-13(11)12/h6-8H,5,9H2,1-4H3,(H,16,17,18). The Hall–Kier alpha value is -2.09. The van der Waals surface area contributed by atoms with Gasteiger partial charge in [0.2, 0.25) is 5.95 Å². The van der Waals surface area contributed by atoms with E-state index in [1.54, 1.807) is 19.1 Å². The van der Waals surface area contributed by atoms with Crippen molar-refractivity contribution in [2.24, 2.45) is 0 Å². The van der Waals surface area contributed by atoms with Crippen molar-refractivity contribution >= 4 is 16.0 Å². The summed E-state index contributed by atoms with van der Waals surface area (Å²) >= 11 is 0. The van der Waals surface area contributed by atoms with Crippen LogP contribution in [0.4, 0.5) is 5.95 Å². The van der Waals surface area contributed by atoms with Crippen molar-refractivity contribution in [1.82, 2.24) is 14.8 Å². The van der Waals surface area contributed by atoms with Crippen molar-refractivity contribution in [1.29, 1.82) is 0 Å². The second-order valence-electron chi connectivity index (χ2n) is 6.19. The molecular weight excluding hydrogens is 316 g/mol. The number of para-hydroxylation sites is 1. The first-order valence-corrected chi connectivity index (χ1v) is 8.95. The van der Waals surface area contributed by atoms with Gasteiger partial charge in [-0.1, -0.05) is 12.1 Å². The Morgan fingerprint density at radius 3 is 2.83 bits per heavy atom. The third kappa shape index (κ3) is 2.90. The molecule has 0 saturated carbocycles. The molecule has 1 aromatic heterocycles. The molecule has 0 bridgehead atoms. The lowest BCUT2D eigenvalue weighted by Crippen LogP contribution is -2.25. The van der Waals surface area contributed by atoms with Gasteiger partial charge in [-0.05, 0) is 39.3 Å². The Bertz CT molecular complexity index is 856. The fraction of sp³-hybridized carbons (Fsp3) is 0.467. The SMILES string of the molecule is CCn1nc(C)nc1NS(=O)(=O)c1cccc2c1OC(C)(C)C2. The van der Waals surface area contributed by atoms with Crippen LogP contribution in [0.1, 0.15) is 32.2 Å². The highest BCUT2D eigenvalue weighted by atomic mass is 32.2. The average molecular weight is 336 g/mol. The summed E-state index contributed by atoms with van der Waals surface area (Å²) in [4.78, 5) is 4.26. The Labute approximate surface area is 135 Å². The molecule has 2 heterocycles. The lowest BCUT2D eigenvalue weighted by atomic mass is 10.0. The van der Waals surface area contributed by atoms with Gasteiger partial charge >= 0.3 is 0 Å². The molecule has 124 valence electrons. The van der Waals surface area contributed by atoms with Crippen molar-refractivity contribution in [3.63, 3.8) is 0 Å². The van der Waals surface area contributed by atoms with E-state index in [1.807, 2.05) is 26.8 Å². The molecule has 0 radical (unpaired) electrons. The summed E-state index contributed by atoms with van der Waals surface area (Å²) in [5, 5.41) is 4.15. The zero-order chi connectivity index (χ0) is 16.8. The van der Waals surface area contributed by atoms with Crippen LogP contribution in [-0.4, -0.2) is 28.8 Å². The van der Waals surface area contributed by atoms with Crippen LogP contribution in [0.5, 0.6) is 5.75 Å². The predicted octanol–water partition coefficient (Wildman–Crippen LogP) is 2.12. The molecule has 1 aliphatic rings. The summed E-state index contributed by atoms with van der Waals surface area (Å²) in [5.74, 6) is 1.14. The van der Waals surface area contributed by atoms with Gasteiger partial charge in [0.25, 0.3) is 10.0 Å². The number of benzene rings is 1. The van der Waals surface area contributed by atoms with Crippen LogP contribution in [0, 0.1) is 6.92 Å². The van der Waals surface area contributed by atoms with Gasteiger partial charge in [-0.15, -0.1) is 0 Å². The Kier molecular flexibility index (Phi) is 3.59.